The molecule has 0 amide bonds. The van der Waals surface area contributed by atoms with E-state index in [2.05, 4.69) is 12.2 Å². The van der Waals surface area contributed by atoms with Gasteiger partial charge in [-0.1, -0.05) is 18.6 Å². The first kappa shape index (κ1) is 8.98. The zero-order valence-electron chi connectivity index (χ0n) is 8.11. The van der Waals surface area contributed by atoms with Gasteiger partial charge < -0.3 is 4.79 Å². The van der Waals surface area contributed by atoms with Crippen molar-refractivity contribution in [1.29, 1.82) is 0 Å². The van der Waals surface area contributed by atoms with Crippen molar-refractivity contribution in [3.63, 3.8) is 0 Å². The van der Waals surface area contributed by atoms with Crippen molar-refractivity contribution in [1.82, 2.24) is 0 Å². The van der Waals surface area contributed by atoms with Gasteiger partial charge in [-0.25, -0.2) is 0 Å². The van der Waals surface area contributed by atoms with E-state index in [1.807, 2.05) is 0 Å². The van der Waals surface area contributed by atoms with Crippen LogP contribution in [0.5, 0.6) is 0 Å². The molecule has 2 aliphatic rings. The minimum Gasteiger partial charge on any atom is -0.303 e. The molecular formula is C12H18O. The summed E-state index contributed by atoms with van der Waals surface area (Å²) >= 11 is 0. The first-order valence-corrected chi connectivity index (χ1v) is 5.52. The van der Waals surface area contributed by atoms with Crippen LogP contribution in [0.4, 0.5) is 0 Å². The number of hydrogen-bond acceptors (Lipinski definition) is 1. The maximum atomic E-state index is 10.1. The first-order valence-electron chi connectivity index (χ1n) is 5.52. The van der Waals surface area contributed by atoms with Crippen LogP contribution in [-0.2, 0) is 4.79 Å². The third-order valence-electron chi connectivity index (χ3n) is 3.56. The molecule has 0 radical (unpaired) electrons. The largest absolute Gasteiger partial charge is 0.303 e. The van der Waals surface area contributed by atoms with Crippen molar-refractivity contribution in [2.24, 2.45) is 17.8 Å². The van der Waals surface area contributed by atoms with E-state index in [0.717, 1.165) is 36.9 Å². The Morgan fingerprint density at radius 1 is 1.23 bits per heavy atom. The van der Waals surface area contributed by atoms with Gasteiger partial charge in [0, 0.05) is 6.42 Å². The van der Waals surface area contributed by atoms with Crippen LogP contribution in [0.3, 0.4) is 0 Å². The Kier molecular flexibility index (Phi) is 2.82. The van der Waals surface area contributed by atoms with Gasteiger partial charge in [-0.2, -0.15) is 0 Å². The van der Waals surface area contributed by atoms with Crippen molar-refractivity contribution in [3.8, 4) is 0 Å². The number of carbonyl (C=O) groups is 1. The molecule has 0 aromatic heterocycles. The van der Waals surface area contributed by atoms with Crippen molar-refractivity contribution in [3.05, 3.63) is 12.2 Å². The molecule has 0 aliphatic heterocycles. The second-order valence-corrected chi connectivity index (χ2v) is 4.49. The summed E-state index contributed by atoms with van der Waals surface area (Å²) in [6.07, 6.45) is 13.1. The summed E-state index contributed by atoms with van der Waals surface area (Å²) in [4.78, 5) is 10.1. The fourth-order valence-corrected chi connectivity index (χ4v) is 2.86. The molecule has 1 heteroatoms. The topological polar surface area (TPSA) is 17.1 Å². The summed E-state index contributed by atoms with van der Waals surface area (Å²) in [5, 5.41) is 0. The van der Waals surface area contributed by atoms with Crippen molar-refractivity contribution in [2.75, 3.05) is 0 Å². The highest BCUT2D eigenvalue weighted by molar-refractivity contribution is 5.48. The lowest BCUT2D eigenvalue weighted by atomic mass is 9.89. The summed E-state index contributed by atoms with van der Waals surface area (Å²) in [6.45, 7) is 0. The average molecular weight is 178 g/mol. The SMILES string of the molecule is O=CCCCCC1CC2C=CC1C2. The number of aldehydes is 1. The zero-order valence-corrected chi connectivity index (χ0v) is 8.11. The van der Waals surface area contributed by atoms with Gasteiger partial charge in [0.1, 0.15) is 6.29 Å². The minimum absolute atomic E-state index is 0.761. The first-order chi connectivity index (χ1) is 6.40. The van der Waals surface area contributed by atoms with E-state index in [1.165, 1.54) is 25.7 Å². The molecule has 1 nitrogen and oxygen atoms in total. The summed E-state index contributed by atoms with van der Waals surface area (Å²) in [5.74, 6) is 2.74. The van der Waals surface area contributed by atoms with Crippen LogP contribution >= 0.6 is 0 Å². The number of allylic oxidation sites excluding steroid dienone is 2. The molecule has 0 spiro atoms. The molecule has 0 N–H and O–H groups in total. The molecular weight excluding hydrogens is 160 g/mol. The molecule has 0 heterocycles. The summed E-state index contributed by atoms with van der Waals surface area (Å²) in [5.41, 5.74) is 0. The molecule has 0 saturated heterocycles. The Balaban J connectivity index is 1.66. The second-order valence-electron chi connectivity index (χ2n) is 4.49. The van der Waals surface area contributed by atoms with Crippen LogP contribution in [0.2, 0.25) is 0 Å². The number of carbonyl (C=O) groups excluding carboxylic acids is 1. The van der Waals surface area contributed by atoms with Crippen LogP contribution in [-0.4, -0.2) is 6.29 Å². The number of fused-ring (bicyclic) bond motifs is 2. The summed E-state index contributed by atoms with van der Waals surface area (Å²) < 4.78 is 0. The molecule has 3 unspecified atom stereocenters. The highest BCUT2D eigenvalue weighted by Crippen LogP contribution is 2.45. The highest BCUT2D eigenvalue weighted by Gasteiger charge is 2.34. The van der Waals surface area contributed by atoms with Gasteiger partial charge in [-0.3, -0.25) is 0 Å². The third-order valence-corrected chi connectivity index (χ3v) is 3.56. The normalized spacial score (nSPS) is 35.5. The molecule has 2 aliphatic carbocycles. The van der Waals surface area contributed by atoms with E-state index in [-0.39, 0.29) is 0 Å². The van der Waals surface area contributed by atoms with E-state index in [1.54, 1.807) is 0 Å². The van der Waals surface area contributed by atoms with Gasteiger partial charge in [0.25, 0.3) is 0 Å². The maximum absolute atomic E-state index is 10.1. The lowest BCUT2D eigenvalue weighted by Gasteiger charge is -2.17. The Labute approximate surface area is 80.2 Å². The Bertz CT molecular complexity index is 207. The van der Waals surface area contributed by atoms with E-state index in [4.69, 9.17) is 0 Å². The summed E-state index contributed by atoms with van der Waals surface area (Å²) in [7, 11) is 0. The van der Waals surface area contributed by atoms with E-state index < -0.39 is 0 Å². The molecule has 3 atom stereocenters. The Morgan fingerprint density at radius 3 is 2.77 bits per heavy atom. The fraction of sp³-hybridized carbons (Fsp3) is 0.750. The van der Waals surface area contributed by atoms with Crippen molar-refractivity contribution >= 4 is 6.29 Å². The molecule has 72 valence electrons. The average Bonchev–Trinajstić information content (AvgIpc) is 2.73. The fourth-order valence-electron chi connectivity index (χ4n) is 2.86. The molecule has 0 aromatic carbocycles. The molecule has 1 fully saturated rings. The van der Waals surface area contributed by atoms with Crippen LogP contribution < -0.4 is 0 Å². The van der Waals surface area contributed by atoms with E-state index in [0.29, 0.717) is 0 Å². The maximum Gasteiger partial charge on any atom is 0.119 e. The zero-order chi connectivity index (χ0) is 9.10. The summed E-state index contributed by atoms with van der Waals surface area (Å²) in [6, 6.07) is 0. The van der Waals surface area contributed by atoms with Crippen LogP contribution in [0.1, 0.15) is 38.5 Å². The quantitative estimate of drug-likeness (QED) is 0.359. The molecule has 13 heavy (non-hydrogen) atoms. The standard InChI is InChI=1S/C12H18O/c13-7-3-1-2-4-11-8-10-5-6-12(11)9-10/h5-7,10-12H,1-4,8-9H2. The van der Waals surface area contributed by atoms with Crippen LogP contribution in [0.15, 0.2) is 12.2 Å². The molecule has 2 bridgehead atoms. The Morgan fingerprint density at radius 2 is 2.15 bits per heavy atom. The van der Waals surface area contributed by atoms with Crippen molar-refractivity contribution in [2.45, 2.75) is 38.5 Å². The van der Waals surface area contributed by atoms with Gasteiger partial charge >= 0.3 is 0 Å². The van der Waals surface area contributed by atoms with Gasteiger partial charge in [0.05, 0.1) is 0 Å². The predicted octanol–water partition coefficient (Wildman–Crippen LogP) is 2.96. The number of unbranched alkanes of at least 4 members (excludes halogenated alkanes) is 2. The minimum atomic E-state index is 0.761. The number of hydrogen-bond donors (Lipinski definition) is 0. The second kappa shape index (κ2) is 4.08. The lowest BCUT2D eigenvalue weighted by Crippen LogP contribution is -2.06. The van der Waals surface area contributed by atoms with Crippen LogP contribution in [0.25, 0.3) is 0 Å². The molecule has 1 saturated carbocycles. The van der Waals surface area contributed by atoms with Gasteiger partial charge in [-0.05, 0) is 43.4 Å². The Hall–Kier alpha value is -0.590. The van der Waals surface area contributed by atoms with Crippen molar-refractivity contribution < 1.29 is 4.79 Å². The van der Waals surface area contributed by atoms with Gasteiger partial charge in [0.15, 0.2) is 0 Å². The van der Waals surface area contributed by atoms with Gasteiger partial charge in [0.2, 0.25) is 0 Å². The highest BCUT2D eigenvalue weighted by atomic mass is 16.1. The monoisotopic (exact) mass is 178 g/mol. The predicted molar refractivity (Wildman–Crippen MR) is 53.4 cm³/mol. The van der Waals surface area contributed by atoms with E-state index in [9.17, 15) is 4.79 Å². The smallest absolute Gasteiger partial charge is 0.119 e. The number of rotatable bonds is 5. The van der Waals surface area contributed by atoms with E-state index >= 15 is 0 Å². The van der Waals surface area contributed by atoms with Crippen LogP contribution in [0, 0.1) is 17.8 Å². The molecule has 0 aromatic rings. The molecule has 2 rings (SSSR count). The van der Waals surface area contributed by atoms with Gasteiger partial charge in [-0.15, -0.1) is 0 Å². The lowest BCUT2D eigenvalue weighted by molar-refractivity contribution is -0.107. The third kappa shape index (κ3) is 2.01.